The molecule has 2 aromatic carbocycles. The number of nitrogens with zero attached hydrogens (tertiary/aromatic N) is 2. The zero-order valence-corrected chi connectivity index (χ0v) is 14.4. The van der Waals surface area contributed by atoms with E-state index in [2.05, 4.69) is 4.98 Å². The van der Waals surface area contributed by atoms with Crippen LogP contribution in [0.4, 0.5) is 14.5 Å². The Kier molecular flexibility index (Phi) is 4.70. The Hall–Kier alpha value is -2.86. The van der Waals surface area contributed by atoms with Crippen molar-refractivity contribution in [1.29, 1.82) is 0 Å². The second kappa shape index (κ2) is 6.80. The first-order valence-electron chi connectivity index (χ1n) is 8.04. The van der Waals surface area contributed by atoms with Gasteiger partial charge in [-0.2, -0.15) is 8.78 Å². The molecule has 0 radical (unpaired) electrons. The number of aromatic nitrogens is 1. The molecule has 3 rings (SSSR count). The highest BCUT2D eigenvalue weighted by atomic mass is 19.3. The fourth-order valence-electron chi connectivity index (χ4n) is 2.86. The second-order valence-electron chi connectivity index (χ2n) is 6.19. The summed E-state index contributed by atoms with van der Waals surface area (Å²) in [7, 11) is 3.61. The fraction of sp³-hybridized carbons (Fsp3) is 0.200. The van der Waals surface area contributed by atoms with Crippen LogP contribution in [0.5, 0.6) is 0 Å². The maximum atomic E-state index is 14.7. The van der Waals surface area contributed by atoms with E-state index in [1.165, 1.54) is 30.3 Å². The lowest BCUT2D eigenvalue weighted by Gasteiger charge is -2.23. The van der Waals surface area contributed by atoms with Crippen molar-refractivity contribution in [1.82, 2.24) is 4.98 Å². The number of hydrogen-bond donors (Lipinski definition) is 1. The third-order valence-corrected chi connectivity index (χ3v) is 4.24. The Morgan fingerprint density at radius 2 is 1.77 bits per heavy atom. The minimum atomic E-state index is -3.97. The van der Waals surface area contributed by atoms with E-state index >= 15 is 0 Å². The molecular weight excluding hydrogens is 338 g/mol. The molecule has 1 aromatic heterocycles. The number of carbonyl (C=O) groups is 1. The van der Waals surface area contributed by atoms with Gasteiger partial charge in [0.15, 0.2) is 6.10 Å². The quantitative estimate of drug-likeness (QED) is 0.706. The monoisotopic (exact) mass is 356 g/mol. The molecule has 0 bridgehead atoms. The summed E-state index contributed by atoms with van der Waals surface area (Å²) in [5, 5.41) is 10.4. The van der Waals surface area contributed by atoms with Crippen LogP contribution in [0, 0.1) is 0 Å². The van der Waals surface area contributed by atoms with E-state index < -0.39 is 17.8 Å². The van der Waals surface area contributed by atoms with Crippen molar-refractivity contribution in [2.45, 2.75) is 12.0 Å². The van der Waals surface area contributed by atoms with Gasteiger partial charge in [-0.1, -0.05) is 36.4 Å². The average Bonchev–Trinajstić information content (AvgIpc) is 2.66. The number of alkyl halides is 2. The first kappa shape index (κ1) is 17.9. The number of rotatable bonds is 5. The molecule has 0 aliphatic rings. The largest absolute Gasteiger partial charge is 0.382 e. The number of fused-ring (bicyclic) bond motifs is 1. The van der Waals surface area contributed by atoms with Gasteiger partial charge in [0.2, 0.25) is 5.78 Å². The van der Waals surface area contributed by atoms with Gasteiger partial charge in [-0.25, -0.2) is 0 Å². The molecule has 0 spiro atoms. The third-order valence-electron chi connectivity index (χ3n) is 4.24. The maximum absolute atomic E-state index is 14.7. The minimum absolute atomic E-state index is 0.0156. The molecule has 26 heavy (non-hydrogen) atoms. The number of aliphatic hydroxyl groups excluding tert-OH is 1. The Balaban J connectivity index is 2.09. The van der Waals surface area contributed by atoms with Crippen LogP contribution in [0.25, 0.3) is 10.9 Å². The summed E-state index contributed by atoms with van der Waals surface area (Å²) in [4.78, 5) is 18.6. The van der Waals surface area contributed by atoms with Gasteiger partial charge in [0.05, 0.1) is 11.2 Å². The lowest BCUT2D eigenvalue weighted by molar-refractivity contribution is -0.0791. The average molecular weight is 356 g/mol. The van der Waals surface area contributed by atoms with Crippen LogP contribution in [0.15, 0.2) is 60.8 Å². The number of pyridine rings is 1. The standard InChI is InChI=1S/C20H18F2N2O2/c1-24(2)16-11-10-15(14-9-6-12-23-17(14)16)19(26)20(21,22)18(25)13-7-4-3-5-8-13/h3-12,18,25H,1-2H3. The van der Waals surface area contributed by atoms with Crippen molar-refractivity contribution in [2.24, 2.45) is 0 Å². The summed E-state index contributed by atoms with van der Waals surface area (Å²) in [5.74, 6) is -5.40. The molecule has 0 amide bonds. The van der Waals surface area contributed by atoms with Gasteiger partial charge in [-0.05, 0) is 23.8 Å². The van der Waals surface area contributed by atoms with Crippen molar-refractivity contribution in [3.8, 4) is 0 Å². The smallest absolute Gasteiger partial charge is 0.339 e. The Morgan fingerprint density at radius 3 is 2.42 bits per heavy atom. The van der Waals surface area contributed by atoms with Crippen molar-refractivity contribution in [3.63, 3.8) is 0 Å². The zero-order valence-electron chi connectivity index (χ0n) is 14.4. The van der Waals surface area contributed by atoms with E-state index in [9.17, 15) is 18.7 Å². The summed E-state index contributed by atoms with van der Waals surface area (Å²) < 4.78 is 29.5. The maximum Gasteiger partial charge on any atom is 0.339 e. The first-order chi connectivity index (χ1) is 12.3. The molecule has 6 heteroatoms. The predicted octanol–water partition coefficient (Wildman–Crippen LogP) is 3.85. The molecule has 0 aliphatic carbocycles. The molecule has 4 nitrogen and oxygen atoms in total. The van der Waals surface area contributed by atoms with Crippen molar-refractivity contribution < 1.29 is 18.7 Å². The molecule has 1 atom stereocenters. The summed E-state index contributed by atoms with van der Waals surface area (Å²) >= 11 is 0. The number of hydrogen-bond acceptors (Lipinski definition) is 4. The van der Waals surface area contributed by atoms with Crippen LogP contribution in [-0.2, 0) is 0 Å². The number of ketones is 1. The summed E-state index contributed by atoms with van der Waals surface area (Å²) in [6, 6.07) is 13.5. The topological polar surface area (TPSA) is 53.4 Å². The Morgan fingerprint density at radius 1 is 1.08 bits per heavy atom. The van der Waals surface area contributed by atoms with Crippen LogP contribution >= 0.6 is 0 Å². The van der Waals surface area contributed by atoms with E-state index in [1.54, 1.807) is 49.5 Å². The molecule has 1 N–H and O–H groups in total. The number of Topliss-reactive ketones (excluding diaryl/α,β-unsaturated/α-hetero) is 1. The first-order valence-corrected chi connectivity index (χ1v) is 8.04. The number of halogens is 2. The third kappa shape index (κ3) is 3.04. The van der Waals surface area contributed by atoms with Crippen LogP contribution in [0.3, 0.4) is 0 Å². The van der Waals surface area contributed by atoms with E-state index in [0.29, 0.717) is 16.6 Å². The summed E-state index contributed by atoms with van der Waals surface area (Å²) in [6.45, 7) is 0. The SMILES string of the molecule is CN(C)c1ccc(C(=O)C(F)(F)C(O)c2ccccc2)c2cccnc12. The molecule has 0 saturated heterocycles. The number of benzene rings is 2. The van der Waals surface area contributed by atoms with Gasteiger partial charge in [0, 0.05) is 31.2 Å². The molecule has 134 valence electrons. The van der Waals surface area contributed by atoms with Crippen LogP contribution in [-0.4, -0.2) is 35.9 Å². The van der Waals surface area contributed by atoms with Gasteiger partial charge in [-0.3, -0.25) is 9.78 Å². The molecule has 0 fully saturated rings. The number of aliphatic hydroxyl groups is 1. The van der Waals surface area contributed by atoms with Crippen molar-refractivity contribution in [3.05, 3.63) is 71.9 Å². The van der Waals surface area contributed by atoms with Crippen LogP contribution in [0.2, 0.25) is 0 Å². The van der Waals surface area contributed by atoms with E-state index in [1.807, 2.05) is 0 Å². The summed E-state index contributed by atoms with van der Waals surface area (Å²) in [5.41, 5.74) is 0.981. The second-order valence-corrected chi connectivity index (χ2v) is 6.19. The number of carbonyl (C=O) groups excluding carboxylic acids is 1. The zero-order chi connectivity index (χ0) is 18.9. The van der Waals surface area contributed by atoms with E-state index in [-0.39, 0.29) is 11.1 Å². The molecule has 1 unspecified atom stereocenters. The fourth-order valence-corrected chi connectivity index (χ4v) is 2.86. The summed E-state index contributed by atoms with van der Waals surface area (Å²) in [6.07, 6.45) is -0.683. The Bertz CT molecular complexity index is 943. The molecule has 0 aliphatic heterocycles. The van der Waals surface area contributed by atoms with Crippen molar-refractivity contribution >= 4 is 22.4 Å². The normalized spacial score (nSPS) is 12.8. The molecule has 1 heterocycles. The van der Waals surface area contributed by atoms with E-state index in [0.717, 1.165) is 0 Å². The van der Waals surface area contributed by atoms with Crippen LogP contribution < -0.4 is 4.90 Å². The highest BCUT2D eigenvalue weighted by Gasteiger charge is 2.48. The Labute approximate surface area is 149 Å². The van der Waals surface area contributed by atoms with Gasteiger partial charge in [0.1, 0.15) is 0 Å². The lowest BCUT2D eigenvalue weighted by atomic mass is 9.93. The molecule has 0 saturated carbocycles. The molecule has 3 aromatic rings. The predicted molar refractivity (Wildman–Crippen MR) is 96.7 cm³/mol. The number of anilines is 1. The van der Waals surface area contributed by atoms with Gasteiger partial charge >= 0.3 is 5.92 Å². The molecular formula is C20H18F2N2O2. The lowest BCUT2D eigenvalue weighted by Crippen LogP contribution is -2.36. The van der Waals surface area contributed by atoms with Gasteiger partial charge < -0.3 is 10.0 Å². The van der Waals surface area contributed by atoms with Crippen LogP contribution in [0.1, 0.15) is 22.0 Å². The van der Waals surface area contributed by atoms with Gasteiger partial charge in [0.25, 0.3) is 0 Å². The van der Waals surface area contributed by atoms with E-state index in [4.69, 9.17) is 0 Å². The highest BCUT2D eigenvalue weighted by molar-refractivity contribution is 6.13. The highest BCUT2D eigenvalue weighted by Crippen LogP contribution is 2.37. The minimum Gasteiger partial charge on any atom is -0.382 e. The van der Waals surface area contributed by atoms with Gasteiger partial charge in [-0.15, -0.1) is 0 Å². The van der Waals surface area contributed by atoms with Crippen molar-refractivity contribution in [2.75, 3.05) is 19.0 Å².